The number of carbonyl (C=O) groups excluding carboxylic acids is 1. The Morgan fingerprint density at radius 1 is 1.40 bits per heavy atom. The van der Waals surface area contributed by atoms with Crippen LogP contribution in [0.1, 0.15) is 5.56 Å². The molecule has 0 saturated carbocycles. The molecule has 160 valence electrons. The predicted molar refractivity (Wildman–Crippen MR) is 110 cm³/mol. The SMILES string of the molecule is COc1cc(-c2nccn2CCc2cnn(C)c2)cc(Cl)c1OCC(N)=O.O=CO. The number of rotatable bonds is 8. The number of carbonyl (C=O) groups is 2. The van der Waals surface area contributed by atoms with Crippen LogP contribution in [-0.4, -0.2) is 50.5 Å². The Balaban J connectivity index is 0.00000101. The van der Waals surface area contributed by atoms with Crippen LogP contribution in [0.15, 0.2) is 36.9 Å². The van der Waals surface area contributed by atoms with E-state index in [0.717, 1.165) is 29.9 Å². The summed E-state index contributed by atoms with van der Waals surface area (Å²) in [5.74, 6) is 0.833. The summed E-state index contributed by atoms with van der Waals surface area (Å²) in [7, 11) is 3.39. The van der Waals surface area contributed by atoms with Crippen LogP contribution in [0.2, 0.25) is 5.02 Å². The highest BCUT2D eigenvalue weighted by atomic mass is 35.5. The zero-order chi connectivity index (χ0) is 22.1. The van der Waals surface area contributed by atoms with Crippen LogP contribution < -0.4 is 15.2 Å². The van der Waals surface area contributed by atoms with Gasteiger partial charge in [-0.05, 0) is 24.1 Å². The van der Waals surface area contributed by atoms with Crippen molar-refractivity contribution in [3.63, 3.8) is 0 Å². The van der Waals surface area contributed by atoms with Gasteiger partial charge in [-0.1, -0.05) is 11.6 Å². The first-order valence-corrected chi connectivity index (χ1v) is 9.12. The Labute approximate surface area is 177 Å². The maximum Gasteiger partial charge on any atom is 0.290 e. The third-order valence-electron chi connectivity index (χ3n) is 3.96. The minimum absolute atomic E-state index is 0.250. The summed E-state index contributed by atoms with van der Waals surface area (Å²) in [5, 5.41) is 11.4. The monoisotopic (exact) mass is 435 g/mol. The number of hydrogen-bond acceptors (Lipinski definition) is 6. The fourth-order valence-electron chi connectivity index (χ4n) is 2.73. The zero-order valence-electron chi connectivity index (χ0n) is 16.5. The lowest BCUT2D eigenvalue weighted by atomic mass is 10.1. The van der Waals surface area contributed by atoms with Crippen molar-refractivity contribution in [2.45, 2.75) is 13.0 Å². The first-order chi connectivity index (χ1) is 14.4. The number of ether oxygens (including phenoxy) is 2. The number of halogens is 1. The molecule has 2 heterocycles. The highest BCUT2D eigenvalue weighted by Gasteiger charge is 2.16. The molecule has 11 heteroatoms. The molecule has 3 N–H and O–H groups in total. The molecular formula is C19H22ClN5O5. The Morgan fingerprint density at radius 2 is 2.13 bits per heavy atom. The first-order valence-electron chi connectivity index (χ1n) is 8.75. The number of methoxy groups -OCH3 is 1. The molecule has 10 nitrogen and oxygen atoms in total. The molecule has 0 aliphatic rings. The summed E-state index contributed by atoms with van der Waals surface area (Å²) in [5.41, 5.74) is 7.04. The Kier molecular flexibility index (Phi) is 8.24. The number of nitrogens with zero attached hydrogens (tertiary/aromatic N) is 4. The molecule has 0 aliphatic carbocycles. The number of aromatic nitrogens is 4. The second-order valence-corrected chi connectivity index (χ2v) is 6.47. The van der Waals surface area contributed by atoms with Crippen molar-refractivity contribution in [1.82, 2.24) is 19.3 Å². The number of imidazole rings is 1. The fraction of sp³-hybridized carbons (Fsp3) is 0.263. The van der Waals surface area contributed by atoms with Gasteiger partial charge in [0.1, 0.15) is 5.82 Å². The standard InChI is InChI=1S/C18H20ClN5O3.CH2O2/c1-23-10-12(9-22-23)3-5-24-6-4-21-18(24)13-7-14(19)17(15(8-13)26-2)27-11-16(20)25;2-1-3/h4,6-10H,3,5,11H2,1-2H3,(H2,20,25);1H,(H,2,3). The van der Waals surface area contributed by atoms with E-state index in [0.29, 0.717) is 10.8 Å². The molecule has 2 aromatic heterocycles. The zero-order valence-corrected chi connectivity index (χ0v) is 17.2. The lowest BCUT2D eigenvalue weighted by molar-refractivity contribution is -0.123. The Bertz CT molecular complexity index is 1000. The largest absolute Gasteiger partial charge is 0.493 e. The molecule has 0 fully saturated rings. The maximum absolute atomic E-state index is 11.0. The van der Waals surface area contributed by atoms with Gasteiger partial charge in [0.2, 0.25) is 0 Å². The number of benzene rings is 1. The van der Waals surface area contributed by atoms with Crippen LogP contribution in [0, 0.1) is 0 Å². The quantitative estimate of drug-likeness (QED) is 0.514. The number of carboxylic acid groups (broad SMARTS) is 1. The van der Waals surface area contributed by atoms with Crippen LogP contribution in [0.4, 0.5) is 0 Å². The van der Waals surface area contributed by atoms with Crippen LogP contribution >= 0.6 is 11.6 Å². The molecule has 0 saturated heterocycles. The van der Waals surface area contributed by atoms with Gasteiger partial charge >= 0.3 is 0 Å². The second-order valence-electron chi connectivity index (χ2n) is 6.07. The number of aryl methyl sites for hydroxylation is 3. The minimum Gasteiger partial charge on any atom is -0.493 e. The molecule has 0 aliphatic heterocycles. The molecule has 0 atom stereocenters. The summed E-state index contributed by atoms with van der Waals surface area (Å²) < 4.78 is 14.5. The molecule has 1 aromatic carbocycles. The van der Waals surface area contributed by atoms with E-state index in [2.05, 4.69) is 10.1 Å². The Morgan fingerprint density at radius 3 is 2.73 bits per heavy atom. The maximum atomic E-state index is 11.0. The molecule has 0 spiro atoms. The van der Waals surface area contributed by atoms with Crippen LogP contribution in [0.5, 0.6) is 11.5 Å². The normalized spacial score (nSPS) is 10.1. The molecular weight excluding hydrogens is 414 g/mol. The van der Waals surface area contributed by atoms with Crippen molar-refractivity contribution >= 4 is 24.0 Å². The van der Waals surface area contributed by atoms with Gasteiger partial charge in [-0.3, -0.25) is 14.3 Å². The van der Waals surface area contributed by atoms with E-state index < -0.39 is 5.91 Å². The van der Waals surface area contributed by atoms with Crippen molar-refractivity contribution in [3.8, 4) is 22.9 Å². The summed E-state index contributed by atoms with van der Waals surface area (Å²) >= 11 is 6.34. The Hall–Kier alpha value is -3.53. The fourth-order valence-corrected chi connectivity index (χ4v) is 3.00. The lowest BCUT2D eigenvalue weighted by Crippen LogP contribution is -2.20. The van der Waals surface area contributed by atoms with Gasteiger partial charge in [-0.15, -0.1) is 0 Å². The van der Waals surface area contributed by atoms with E-state index in [-0.39, 0.29) is 18.8 Å². The van der Waals surface area contributed by atoms with Crippen LogP contribution in [-0.2, 0) is 29.6 Å². The molecule has 0 bridgehead atoms. The van der Waals surface area contributed by atoms with E-state index in [4.69, 9.17) is 36.7 Å². The summed E-state index contributed by atoms with van der Waals surface area (Å²) in [6.07, 6.45) is 8.30. The van der Waals surface area contributed by atoms with Crippen molar-refractivity contribution < 1.29 is 24.2 Å². The molecule has 1 amide bonds. The number of amides is 1. The molecule has 0 unspecified atom stereocenters. The van der Waals surface area contributed by atoms with Gasteiger partial charge in [0.05, 0.1) is 18.3 Å². The van der Waals surface area contributed by atoms with E-state index in [1.807, 2.05) is 30.2 Å². The van der Waals surface area contributed by atoms with Crippen LogP contribution in [0.25, 0.3) is 11.4 Å². The molecule has 3 rings (SSSR count). The van der Waals surface area contributed by atoms with Crippen molar-refractivity contribution in [2.75, 3.05) is 13.7 Å². The van der Waals surface area contributed by atoms with Gasteiger partial charge in [-0.25, -0.2) is 4.98 Å². The van der Waals surface area contributed by atoms with Gasteiger partial charge in [0, 0.05) is 37.7 Å². The smallest absolute Gasteiger partial charge is 0.290 e. The van der Waals surface area contributed by atoms with Gasteiger partial charge in [0.25, 0.3) is 12.4 Å². The van der Waals surface area contributed by atoms with E-state index in [1.54, 1.807) is 23.0 Å². The average Bonchev–Trinajstić information content (AvgIpc) is 3.34. The number of hydrogen-bond donors (Lipinski definition) is 2. The van der Waals surface area contributed by atoms with Gasteiger partial charge in [0.15, 0.2) is 18.1 Å². The summed E-state index contributed by atoms with van der Waals surface area (Å²) in [4.78, 5) is 23.8. The third-order valence-corrected chi connectivity index (χ3v) is 4.24. The van der Waals surface area contributed by atoms with Gasteiger partial charge in [-0.2, -0.15) is 5.10 Å². The molecule has 0 radical (unpaired) electrons. The molecule has 3 aromatic rings. The van der Waals surface area contributed by atoms with Crippen molar-refractivity contribution in [2.24, 2.45) is 12.8 Å². The minimum atomic E-state index is -0.594. The van der Waals surface area contributed by atoms with E-state index >= 15 is 0 Å². The number of nitrogens with two attached hydrogens (primary N) is 1. The topological polar surface area (TPSA) is 134 Å². The average molecular weight is 436 g/mol. The second kappa shape index (κ2) is 10.9. The van der Waals surface area contributed by atoms with Crippen LogP contribution in [0.3, 0.4) is 0 Å². The predicted octanol–water partition coefficient (Wildman–Crippen LogP) is 1.75. The lowest BCUT2D eigenvalue weighted by Gasteiger charge is -2.14. The highest BCUT2D eigenvalue weighted by Crippen LogP contribution is 2.39. The number of primary amides is 1. The van der Waals surface area contributed by atoms with Gasteiger partial charge < -0.3 is 24.9 Å². The first kappa shape index (κ1) is 22.8. The summed E-state index contributed by atoms with van der Waals surface area (Å²) in [6, 6.07) is 3.49. The highest BCUT2D eigenvalue weighted by molar-refractivity contribution is 6.32. The van der Waals surface area contributed by atoms with E-state index in [1.165, 1.54) is 7.11 Å². The van der Waals surface area contributed by atoms with E-state index in [9.17, 15) is 4.79 Å². The third kappa shape index (κ3) is 5.98. The summed E-state index contributed by atoms with van der Waals surface area (Å²) in [6.45, 7) is 0.204. The van der Waals surface area contributed by atoms with Crippen molar-refractivity contribution in [1.29, 1.82) is 0 Å². The molecule has 30 heavy (non-hydrogen) atoms. The van der Waals surface area contributed by atoms with Crippen molar-refractivity contribution in [3.05, 3.63) is 47.5 Å².